The number of hydrogen-bond donors (Lipinski definition) is 0. The molecule has 0 bridgehead atoms. The molecule has 1 aliphatic heterocycles. The fourth-order valence-corrected chi connectivity index (χ4v) is 8.83. The van der Waals surface area contributed by atoms with Crippen LogP contribution in [0, 0.1) is 0 Å². The van der Waals surface area contributed by atoms with Gasteiger partial charge in [-0.15, -0.1) is 11.3 Å². The average Bonchev–Trinajstić information content (AvgIpc) is 3.63. The summed E-state index contributed by atoms with van der Waals surface area (Å²) >= 11 is 1.88. The molecule has 0 atom stereocenters. The average molecular weight is 602 g/mol. The van der Waals surface area contributed by atoms with Crippen LogP contribution in [0.3, 0.4) is 0 Å². The number of hydrogen-bond acceptors (Lipinski definition) is 3. The highest BCUT2D eigenvalue weighted by molar-refractivity contribution is 7.26. The van der Waals surface area contributed by atoms with Crippen molar-refractivity contribution in [2.24, 2.45) is 0 Å². The summed E-state index contributed by atoms with van der Waals surface area (Å²) in [6, 6.07) is 50.6. The Kier molecular flexibility index (Phi) is 4.72. The zero-order valence-corrected chi connectivity index (χ0v) is 25.3. The molecule has 0 radical (unpaired) electrons. The first-order valence-corrected chi connectivity index (χ1v) is 16.4. The molecule has 4 heteroatoms. The minimum Gasteiger partial charge on any atom is -0.291 e. The lowest BCUT2D eigenvalue weighted by Crippen LogP contribution is -2.02. The molecule has 0 N–H and O–H groups in total. The van der Waals surface area contributed by atoms with Gasteiger partial charge in [0.05, 0.1) is 22.1 Å². The molecule has 0 aliphatic carbocycles. The van der Waals surface area contributed by atoms with E-state index in [1.165, 1.54) is 69.5 Å². The molecule has 46 heavy (non-hydrogen) atoms. The largest absolute Gasteiger partial charge is 0.291 e. The van der Waals surface area contributed by atoms with Crippen molar-refractivity contribution in [3.8, 4) is 39.3 Å². The fourth-order valence-electron chi connectivity index (χ4n) is 7.67. The van der Waals surface area contributed by atoms with Crippen LogP contribution in [0.15, 0.2) is 140 Å². The van der Waals surface area contributed by atoms with E-state index in [-0.39, 0.29) is 0 Å². The Bertz CT molecular complexity index is 2930. The monoisotopic (exact) mass is 601 g/mol. The van der Waals surface area contributed by atoms with Crippen LogP contribution in [0.25, 0.3) is 103 Å². The Morgan fingerprint density at radius 3 is 2.15 bits per heavy atom. The van der Waals surface area contributed by atoms with Gasteiger partial charge in [-0.25, -0.2) is 9.97 Å². The Balaban J connectivity index is 1.24. The zero-order chi connectivity index (χ0) is 29.9. The number of nitrogens with zero attached hydrogens (tertiary/aromatic N) is 3. The Morgan fingerprint density at radius 2 is 1.24 bits per heavy atom. The van der Waals surface area contributed by atoms with E-state index in [1.54, 1.807) is 0 Å². The third-order valence-corrected chi connectivity index (χ3v) is 10.8. The van der Waals surface area contributed by atoms with Crippen molar-refractivity contribution in [2.75, 3.05) is 0 Å². The van der Waals surface area contributed by atoms with Crippen molar-refractivity contribution in [3.05, 3.63) is 140 Å². The molecule has 3 nitrogen and oxygen atoms in total. The summed E-state index contributed by atoms with van der Waals surface area (Å²) in [4.78, 5) is 10.5. The summed E-state index contributed by atoms with van der Waals surface area (Å²) in [5.41, 5.74) is 10.9. The number of benzene rings is 7. The molecule has 0 fully saturated rings. The van der Waals surface area contributed by atoms with Crippen molar-refractivity contribution < 1.29 is 0 Å². The van der Waals surface area contributed by atoms with Gasteiger partial charge >= 0.3 is 0 Å². The predicted molar refractivity (Wildman–Crippen MR) is 194 cm³/mol. The van der Waals surface area contributed by atoms with Crippen LogP contribution in [0.1, 0.15) is 0 Å². The van der Waals surface area contributed by atoms with Crippen LogP contribution in [0.2, 0.25) is 0 Å². The van der Waals surface area contributed by atoms with Gasteiger partial charge in [-0.1, -0.05) is 97.1 Å². The molecule has 3 aromatic heterocycles. The molecule has 0 amide bonds. The first-order valence-electron chi connectivity index (χ1n) is 15.6. The van der Waals surface area contributed by atoms with Crippen LogP contribution in [0.5, 0.6) is 0 Å². The predicted octanol–water partition coefficient (Wildman–Crippen LogP) is 11.6. The minimum absolute atomic E-state index is 0.878. The van der Waals surface area contributed by atoms with Gasteiger partial charge in [-0.05, 0) is 69.9 Å². The van der Waals surface area contributed by atoms with E-state index in [4.69, 9.17) is 9.97 Å². The van der Waals surface area contributed by atoms with E-state index in [9.17, 15) is 0 Å². The van der Waals surface area contributed by atoms with Crippen molar-refractivity contribution >= 4 is 75.1 Å². The summed E-state index contributed by atoms with van der Waals surface area (Å²) in [6.07, 6.45) is 0. The maximum Gasteiger partial charge on any atom is 0.165 e. The van der Waals surface area contributed by atoms with Gasteiger partial charge in [-0.3, -0.25) is 4.57 Å². The third-order valence-electron chi connectivity index (χ3n) is 9.70. The molecule has 1 aliphatic rings. The Hall–Kier alpha value is -5.84. The van der Waals surface area contributed by atoms with E-state index in [2.05, 4.69) is 132 Å². The van der Waals surface area contributed by atoms with E-state index >= 15 is 0 Å². The van der Waals surface area contributed by atoms with Crippen molar-refractivity contribution in [1.29, 1.82) is 0 Å². The third kappa shape index (κ3) is 3.21. The summed E-state index contributed by atoms with van der Waals surface area (Å²) < 4.78 is 4.99. The molecule has 0 saturated heterocycles. The standard InChI is InChI=1S/C42H23N3S/c1-2-10-27-24(9-1)18-20-37-39(27)31-19-17-25(23-38(31)46-37)26-21-32-28-11-3-4-13-30(28)40-42(44-35-15-7-6-14-34(35)43-40)45-36-16-8-5-12-29(36)33(22-26)41(32)45/h1-23H. The van der Waals surface area contributed by atoms with E-state index in [0.717, 1.165) is 33.6 Å². The number of fused-ring (bicyclic) bond motifs is 14. The van der Waals surface area contributed by atoms with Gasteiger partial charge in [0.2, 0.25) is 0 Å². The van der Waals surface area contributed by atoms with E-state index in [1.807, 2.05) is 23.5 Å². The fraction of sp³-hybridized carbons (Fsp3) is 0. The first kappa shape index (κ1) is 24.5. The van der Waals surface area contributed by atoms with Crippen molar-refractivity contribution in [1.82, 2.24) is 14.5 Å². The van der Waals surface area contributed by atoms with E-state index in [0.29, 0.717) is 0 Å². The van der Waals surface area contributed by atoms with Gasteiger partial charge in [0, 0.05) is 42.1 Å². The normalized spacial score (nSPS) is 12.3. The summed E-state index contributed by atoms with van der Waals surface area (Å²) in [5.74, 6) is 0.878. The second-order valence-electron chi connectivity index (χ2n) is 12.2. The van der Waals surface area contributed by atoms with Crippen LogP contribution >= 0.6 is 11.3 Å². The lowest BCUT2D eigenvalue weighted by atomic mass is 9.92. The van der Waals surface area contributed by atoms with Gasteiger partial charge in [0.25, 0.3) is 0 Å². The summed E-state index contributed by atoms with van der Waals surface area (Å²) in [5, 5.41) is 7.72. The van der Waals surface area contributed by atoms with Gasteiger partial charge in [0.15, 0.2) is 5.82 Å². The second-order valence-corrected chi connectivity index (χ2v) is 13.3. The van der Waals surface area contributed by atoms with Crippen LogP contribution in [-0.4, -0.2) is 14.5 Å². The molecule has 0 unspecified atom stereocenters. The summed E-state index contributed by atoms with van der Waals surface area (Å²) in [6.45, 7) is 0. The number of thiophene rings is 1. The van der Waals surface area contributed by atoms with Crippen LogP contribution < -0.4 is 0 Å². The summed E-state index contributed by atoms with van der Waals surface area (Å²) in [7, 11) is 0. The maximum absolute atomic E-state index is 5.28. The highest BCUT2D eigenvalue weighted by atomic mass is 32.1. The SMILES string of the molecule is c1ccc2c(c1)-c1nc3ccccc3nc1-n1c3ccccc3c3cc(-c4ccc5c(c4)sc4ccc6ccccc6c45)cc-2c31. The lowest BCUT2D eigenvalue weighted by molar-refractivity contribution is 1.09. The molecule has 10 aromatic rings. The van der Waals surface area contributed by atoms with Crippen molar-refractivity contribution in [2.45, 2.75) is 0 Å². The Labute approximate surface area is 267 Å². The molecular formula is C42H23N3S. The molecule has 0 saturated carbocycles. The van der Waals surface area contributed by atoms with Gasteiger partial charge in [0.1, 0.15) is 5.69 Å². The van der Waals surface area contributed by atoms with E-state index < -0.39 is 0 Å². The molecular weight excluding hydrogens is 579 g/mol. The van der Waals surface area contributed by atoms with Gasteiger partial charge < -0.3 is 0 Å². The van der Waals surface area contributed by atoms with Crippen LogP contribution in [0.4, 0.5) is 0 Å². The number of para-hydroxylation sites is 3. The molecule has 212 valence electrons. The first-order chi connectivity index (χ1) is 22.8. The quantitative estimate of drug-likeness (QED) is 0.187. The molecule has 11 rings (SSSR count). The lowest BCUT2D eigenvalue weighted by Gasteiger charge is -2.12. The maximum atomic E-state index is 5.28. The smallest absolute Gasteiger partial charge is 0.165 e. The number of rotatable bonds is 1. The highest BCUT2D eigenvalue weighted by Gasteiger charge is 2.27. The number of aromatic nitrogens is 3. The Morgan fingerprint density at radius 1 is 0.478 bits per heavy atom. The highest BCUT2D eigenvalue weighted by Crippen LogP contribution is 2.48. The molecule has 7 aromatic carbocycles. The molecule has 4 heterocycles. The van der Waals surface area contributed by atoms with Crippen molar-refractivity contribution in [3.63, 3.8) is 0 Å². The second kappa shape index (κ2) is 8.87. The molecule has 0 spiro atoms. The topological polar surface area (TPSA) is 30.7 Å². The van der Waals surface area contributed by atoms with Gasteiger partial charge in [-0.2, -0.15) is 0 Å². The van der Waals surface area contributed by atoms with Crippen LogP contribution in [-0.2, 0) is 0 Å². The zero-order valence-electron chi connectivity index (χ0n) is 24.5. The minimum atomic E-state index is 0.878.